The van der Waals surface area contributed by atoms with Gasteiger partial charge in [0.25, 0.3) is 0 Å². The van der Waals surface area contributed by atoms with Crippen molar-refractivity contribution in [3.8, 4) is 0 Å². The second-order valence-electron chi connectivity index (χ2n) is 5.96. The number of hydrogen-bond acceptors (Lipinski definition) is 3. The maximum absolute atomic E-state index is 12.7. The molecule has 1 heterocycles. The highest BCUT2D eigenvalue weighted by Crippen LogP contribution is 2.27. The van der Waals surface area contributed by atoms with Crippen LogP contribution in [0.4, 0.5) is 0 Å². The SMILES string of the molecule is CCCNC1CCCN(S(=O)(=O)C2CCCCC2)C1. The molecular formula is C14H28N2O2S. The van der Waals surface area contributed by atoms with Gasteiger partial charge in [0.05, 0.1) is 5.25 Å². The monoisotopic (exact) mass is 288 g/mol. The lowest BCUT2D eigenvalue weighted by Gasteiger charge is -2.35. The Morgan fingerprint density at radius 2 is 1.84 bits per heavy atom. The molecule has 112 valence electrons. The summed E-state index contributed by atoms with van der Waals surface area (Å²) in [5.41, 5.74) is 0. The molecule has 1 aliphatic carbocycles. The van der Waals surface area contributed by atoms with Gasteiger partial charge in [-0.2, -0.15) is 0 Å². The smallest absolute Gasteiger partial charge is 0.217 e. The molecule has 0 spiro atoms. The number of piperidine rings is 1. The minimum atomic E-state index is -3.05. The van der Waals surface area contributed by atoms with Crippen LogP contribution in [-0.4, -0.2) is 43.6 Å². The summed E-state index contributed by atoms with van der Waals surface area (Å²) < 4.78 is 27.1. The molecule has 0 amide bonds. The number of rotatable bonds is 5. The molecule has 0 radical (unpaired) electrons. The third-order valence-corrected chi connectivity index (χ3v) is 6.77. The van der Waals surface area contributed by atoms with Crippen LogP contribution in [0.5, 0.6) is 0 Å². The van der Waals surface area contributed by atoms with E-state index in [0.29, 0.717) is 12.6 Å². The number of nitrogens with one attached hydrogen (secondary N) is 1. The zero-order valence-corrected chi connectivity index (χ0v) is 12.9. The van der Waals surface area contributed by atoms with Crippen LogP contribution in [0.2, 0.25) is 0 Å². The Labute approximate surface area is 118 Å². The van der Waals surface area contributed by atoms with Gasteiger partial charge in [0, 0.05) is 19.1 Å². The standard InChI is InChI=1S/C14H28N2O2S/c1-2-10-15-13-7-6-11-16(12-13)19(17,18)14-8-4-3-5-9-14/h13-15H,2-12H2,1H3. The quantitative estimate of drug-likeness (QED) is 0.843. The molecule has 0 aromatic rings. The first kappa shape index (κ1) is 15.3. The lowest BCUT2D eigenvalue weighted by atomic mass is 10.0. The van der Waals surface area contributed by atoms with Gasteiger partial charge in [0.2, 0.25) is 10.0 Å². The van der Waals surface area contributed by atoms with Crippen LogP contribution in [0.1, 0.15) is 58.3 Å². The third kappa shape index (κ3) is 3.92. The van der Waals surface area contributed by atoms with Crippen molar-refractivity contribution in [2.24, 2.45) is 0 Å². The summed E-state index contributed by atoms with van der Waals surface area (Å²) in [6.45, 7) is 4.54. The van der Waals surface area contributed by atoms with E-state index in [4.69, 9.17) is 0 Å². The highest BCUT2D eigenvalue weighted by Gasteiger charge is 2.35. The van der Waals surface area contributed by atoms with E-state index in [2.05, 4.69) is 12.2 Å². The van der Waals surface area contributed by atoms with E-state index >= 15 is 0 Å². The van der Waals surface area contributed by atoms with Gasteiger partial charge >= 0.3 is 0 Å². The van der Waals surface area contributed by atoms with Gasteiger partial charge in [-0.15, -0.1) is 0 Å². The van der Waals surface area contributed by atoms with Crippen molar-refractivity contribution in [1.29, 1.82) is 0 Å². The van der Waals surface area contributed by atoms with Gasteiger partial charge < -0.3 is 5.32 Å². The van der Waals surface area contributed by atoms with Gasteiger partial charge in [-0.1, -0.05) is 26.2 Å². The fourth-order valence-corrected chi connectivity index (χ4v) is 5.38. The molecule has 1 N–H and O–H groups in total. The molecule has 1 saturated heterocycles. The molecule has 0 aromatic heterocycles. The number of nitrogens with zero attached hydrogens (tertiary/aromatic N) is 1. The van der Waals surface area contributed by atoms with E-state index in [9.17, 15) is 8.42 Å². The van der Waals surface area contributed by atoms with E-state index < -0.39 is 10.0 Å². The summed E-state index contributed by atoms with van der Waals surface area (Å²) in [5, 5.41) is 3.36. The van der Waals surface area contributed by atoms with Crippen molar-refractivity contribution in [2.45, 2.75) is 69.6 Å². The summed E-state index contributed by atoms with van der Waals surface area (Å²) in [6, 6.07) is 0.354. The molecule has 2 aliphatic rings. The zero-order chi connectivity index (χ0) is 13.7. The average Bonchev–Trinajstić information content (AvgIpc) is 2.46. The number of sulfonamides is 1. The Kier molecular flexibility index (Phi) is 5.66. The van der Waals surface area contributed by atoms with E-state index in [1.54, 1.807) is 4.31 Å². The molecule has 2 fully saturated rings. The highest BCUT2D eigenvalue weighted by atomic mass is 32.2. The Morgan fingerprint density at radius 3 is 2.53 bits per heavy atom. The maximum atomic E-state index is 12.7. The Bertz CT molecular complexity index is 364. The molecule has 2 rings (SSSR count). The highest BCUT2D eigenvalue weighted by molar-refractivity contribution is 7.89. The lowest BCUT2D eigenvalue weighted by molar-refractivity contribution is 0.278. The van der Waals surface area contributed by atoms with Gasteiger partial charge in [0.1, 0.15) is 0 Å². The molecule has 1 saturated carbocycles. The van der Waals surface area contributed by atoms with Crippen LogP contribution in [-0.2, 0) is 10.0 Å². The van der Waals surface area contributed by atoms with Gasteiger partial charge in [-0.3, -0.25) is 0 Å². The van der Waals surface area contributed by atoms with Crippen molar-refractivity contribution >= 4 is 10.0 Å². The zero-order valence-electron chi connectivity index (χ0n) is 12.1. The summed E-state index contributed by atoms with van der Waals surface area (Å²) in [5.74, 6) is 0. The van der Waals surface area contributed by atoms with Gasteiger partial charge in [-0.05, 0) is 38.6 Å². The fraction of sp³-hybridized carbons (Fsp3) is 1.00. The molecule has 0 aromatic carbocycles. The predicted molar refractivity (Wildman–Crippen MR) is 78.7 cm³/mol. The van der Waals surface area contributed by atoms with Crippen LogP contribution in [0, 0.1) is 0 Å². The Balaban J connectivity index is 1.95. The molecule has 1 atom stereocenters. The normalized spacial score (nSPS) is 27.5. The summed E-state index contributed by atoms with van der Waals surface area (Å²) in [6.07, 6.45) is 8.30. The van der Waals surface area contributed by atoms with Crippen molar-refractivity contribution in [1.82, 2.24) is 9.62 Å². The average molecular weight is 288 g/mol. The second-order valence-corrected chi connectivity index (χ2v) is 8.17. The van der Waals surface area contributed by atoms with Crippen LogP contribution in [0.25, 0.3) is 0 Å². The van der Waals surface area contributed by atoms with Crippen molar-refractivity contribution in [3.05, 3.63) is 0 Å². The van der Waals surface area contributed by atoms with Gasteiger partial charge in [0.15, 0.2) is 0 Å². The van der Waals surface area contributed by atoms with E-state index in [1.807, 2.05) is 0 Å². The third-order valence-electron chi connectivity index (χ3n) is 4.40. The molecular weight excluding hydrogens is 260 g/mol. The molecule has 1 aliphatic heterocycles. The molecule has 1 unspecified atom stereocenters. The maximum Gasteiger partial charge on any atom is 0.217 e. The molecule has 19 heavy (non-hydrogen) atoms. The minimum absolute atomic E-state index is 0.105. The molecule has 4 nitrogen and oxygen atoms in total. The number of hydrogen-bond donors (Lipinski definition) is 1. The van der Waals surface area contributed by atoms with E-state index in [1.165, 1.54) is 6.42 Å². The Hall–Kier alpha value is -0.130. The van der Waals surface area contributed by atoms with Crippen LogP contribution in [0.15, 0.2) is 0 Å². The molecule has 0 bridgehead atoms. The second kappa shape index (κ2) is 7.04. The first-order valence-corrected chi connectivity index (χ1v) is 9.37. The Morgan fingerprint density at radius 1 is 1.11 bits per heavy atom. The first-order chi connectivity index (χ1) is 9.14. The van der Waals surface area contributed by atoms with Crippen LogP contribution >= 0.6 is 0 Å². The van der Waals surface area contributed by atoms with Gasteiger partial charge in [-0.25, -0.2) is 12.7 Å². The summed E-state index contributed by atoms with van der Waals surface area (Å²) in [4.78, 5) is 0. The van der Waals surface area contributed by atoms with E-state index in [-0.39, 0.29) is 5.25 Å². The van der Waals surface area contributed by atoms with Crippen LogP contribution in [0.3, 0.4) is 0 Å². The van der Waals surface area contributed by atoms with E-state index in [0.717, 1.165) is 58.0 Å². The van der Waals surface area contributed by atoms with Crippen LogP contribution < -0.4 is 5.32 Å². The summed E-state index contributed by atoms with van der Waals surface area (Å²) >= 11 is 0. The predicted octanol–water partition coefficient (Wildman–Crippen LogP) is 2.11. The lowest BCUT2D eigenvalue weighted by Crippen LogP contribution is -2.50. The topological polar surface area (TPSA) is 49.4 Å². The van der Waals surface area contributed by atoms with Crippen molar-refractivity contribution in [3.63, 3.8) is 0 Å². The van der Waals surface area contributed by atoms with Crippen molar-refractivity contribution < 1.29 is 8.42 Å². The van der Waals surface area contributed by atoms with Crippen molar-refractivity contribution in [2.75, 3.05) is 19.6 Å². The largest absolute Gasteiger partial charge is 0.313 e. The summed E-state index contributed by atoms with van der Waals surface area (Å²) in [7, 11) is -3.05. The first-order valence-electron chi connectivity index (χ1n) is 7.87. The molecule has 5 heteroatoms. The minimum Gasteiger partial charge on any atom is -0.313 e. The fourth-order valence-electron chi connectivity index (χ4n) is 3.26.